The van der Waals surface area contributed by atoms with E-state index >= 15 is 0 Å². The normalized spacial score (nSPS) is 10.7. The van der Waals surface area contributed by atoms with Crippen LogP contribution in [0.4, 0.5) is 10.1 Å². The third-order valence-corrected chi connectivity index (χ3v) is 3.71. The Hall–Kier alpha value is -2.60. The van der Waals surface area contributed by atoms with Crippen molar-refractivity contribution in [3.63, 3.8) is 0 Å². The summed E-state index contributed by atoms with van der Waals surface area (Å²) in [5.74, 6) is 0.291. The summed E-state index contributed by atoms with van der Waals surface area (Å²) in [4.78, 5) is 14.1. The molecule has 0 aliphatic rings. The fourth-order valence-electron chi connectivity index (χ4n) is 2.52. The van der Waals surface area contributed by atoms with Crippen molar-refractivity contribution in [2.75, 3.05) is 32.6 Å². The molecular formula is C20H25FN2O3. The number of carbonyl (C=O) groups excluding carboxylic acids is 1. The molecule has 0 spiro atoms. The van der Waals surface area contributed by atoms with Crippen molar-refractivity contribution in [3.8, 4) is 11.5 Å². The van der Waals surface area contributed by atoms with Gasteiger partial charge in [0, 0.05) is 6.54 Å². The number of amides is 1. The lowest BCUT2D eigenvalue weighted by molar-refractivity contribution is -0.117. The number of likely N-dealkylation sites (N-methyl/N-ethyl adjacent to an activating group) is 1. The van der Waals surface area contributed by atoms with Gasteiger partial charge in [0.2, 0.25) is 5.91 Å². The molecule has 6 heteroatoms. The van der Waals surface area contributed by atoms with Crippen molar-refractivity contribution >= 4 is 11.6 Å². The maximum atomic E-state index is 13.8. The number of halogens is 1. The van der Waals surface area contributed by atoms with Crippen LogP contribution in [0.3, 0.4) is 0 Å². The molecule has 2 rings (SSSR count). The van der Waals surface area contributed by atoms with Crippen molar-refractivity contribution in [2.45, 2.75) is 19.9 Å². The van der Waals surface area contributed by atoms with Gasteiger partial charge in [-0.1, -0.05) is 25.1 Å². The molecule has 140 valence electrons. The fraction of sp³-hybridized carbons (Fsp3) is 0.350. The van der Waals surface area contributed by atoms with Crippen molar-refractivity contribution < 1.29 is 18.7 Å². The topological polar surface area (TPSA) is 50.8 Å². The standard InChI is InChI=1S/C20H25FN2O3/c1-4-11-26-19-8-6-5-7-17(19)22-20(24)14-23(2)13-15-9-10-18(25-3)16(21)12-15/h5-10,12H,4,11,13-14H2,1-3H3,(H,22,24). The number of ether oxygens (including phenoxy) is 2. The van der Waals surface area contributed by atoms with Crippen LogP contribution in [-0.4, -0.2) is 38.1 Å². The van der Waals surface area contributed by atoms with E-state index in [0.717, 1.165) is 12.0 Å². The average molecular weight is 360 g/mol. The van der Waals surface area contributed by atoms with E-state index in [2.05, 4.69) is 5.32 Å². The maximum absolute atomic E-state index is 13.8. The third-order valence-electron chi connectivity index (χ3n) is 3.71. The first-order valence-corrected chi connectivity index (χ1v) is 8.56. The lowest BCUT2D eigenvalue weighted by Gasteiger charge is -2.18. The number of hydrogen-bond acceptors (Lipinski definition) is 4. The molecule has 1 N–H and O–H groups in total. The van der Waals surface area contributed by atoms with Crippen LogP contribution in [0.15, 0.2) is 42.5 Å². The minimum atomic E-state index is -0.412. The van der Waals surface area contributed by atoms with Gasteiger partial charge in [0.15, 0.2) is 11.6 Å². The molecule has 0 aliphatic heterocycles. The van der Waals surface area contributed by atoms with Crippen molar-refractivity contribution in [2.24, 2.45) is 0 Å². The van der Waals surface area contributed by atoms with Gasteiger partial charge in [-0.2, -0.15) is 0 Å². The molecule has 2 aromatic carbocycles. The minimum Gasteiger partial charge on any atom is -0.494 e. The number of nitrogens with one attached hydrogen (secondary N) is 1. The smallest absolute Gasteiger partial charge is 0.238 e. The van der Waals surface area contributed by atoms with Crippen LogP contribution in [0, 0.1) is 5.82 Å². The van der Waals surface area contributed by atoms with Gasteiger partial charge in [0.1, 0.15) is 5.75 Å². The average Bonchev–Trinajstić information content (AvgIpc) is 2.61. The van der Waals surface area contributed by atoms with E-state index in [9.17, 15) is 9.18 Å². The van der Waals surface area contributed by atoms with Crippen molar-refractivity contribution in [1.82, 2.24) is 4.90 Å². The molecule has 0 saturated carbocycles. The minimum absolute atomic E-state index is 0.158. The van der Waals surface area contributed by atoms with E-state index < -0.39 is 5.82 Å². The van der Waals surface area contributed by atoms with Gasteiger partial charge < -0.3 is 14.8 Å². The number of methoxy groups -OCH3 is 1. The lowest BCUT2D eigenvalue weighted by Crippen LogP contribution is -2.30. The van der Waals surface area contributed by atoms with E-state index in [1.165, 1.54) is 13.2 Å². The van der Waals surface area contributed by atoms with Gasteiger partial charge in [-0.15, -0.1) is 0 Å². The molecule has 5 nitrogen and oxygen atoms in total. The number of benzene rings is 2. The molecule has 0 heterocycles. The van der Waals surface area contributed by atoms with E-state index in [-0.39, 0.29) is 18.2 Å². The van der Waals surface area contributed by atoms with Gasteiger partial charge in [-0.05, 0) is 43.3 Å². The molecular weight excluding hydrogens is 335 g/mol. The highest BCUT2D eigenvalue weighted by Gasteiger charge is 2.11. The monoisotopic (exact) mass is 360 g/mol. The number of nitrogens with zero attached hydrogens (tertiary/aromatic N) is 1. The number of anilines is 1. The summed E-state index contributed by atoms with van der Waals surface area (Å²) in [6, 6.07) is 12.1. The molecule has 0 fully saturated rings. The summed E-state index contributed by atoms with van der Waals surface area (Å²) in [6.45, 7) is 3.24. The first kappa shape index (κ1) is 19.7. The molecule has 0 saturated heterocycles. The Kier molecular flexibility index (Phi) is 7.41. The second-order valence-corrected chi connectivity index (χ2v) is 6.03. The number of para-hydroxylation sites is 2. The Morgan fingerprint density at radius 3 is 2.65 bits per heavy atom. The summed E-state index contributed by atoms with van der Waals surface area (Å²) >= 11 is 0. The number of carbonyl (C=O) groups is 1. The summed E-state index contributed by atoms with van der Waals surface area (Å²) in [5.41, 5.74) is 1.42. The zero-order valence-corrected chi connectivity index (χ0v) is 15.4. The van der Waals surface area contributed by atoms with E-state index in [4.69, 9.17) is 9.47 Å². The zero-order valence-electron chi connectivity index (χ0n) is 15.4. The molecule has 1 amide bonds. The third kappa shape index (κ3) is 5.74. The van der Waals surface area contributed by atoms with Crippen LogP contribution in [-0.2, 0) is 11.3 Å². The predicted octanol–water partition coefficient (Wildman–Crippen LogP) is 3.69. The molecule has 0 aromatic heterocycles. The van der Waals surface area contributed by atoms with Gasteiger partial charge in [-0.3, -0.25) is 9.69 Å². The molecule has 0 aliphatic carbocycles. The number of hydrogen-bond donors (Lipinski definition) is 1. The zero-order chi connectivity index (χ0) is 18.9. The van der Waals surface area contributed by atoms with Crippen LogP contribution in [0.1, 0.15) is 18.9 Å². The molecule has 0 radical (unpaired) electrons. The summed E-state index contributed by atoms with van der Waals surface area (Å²) in [5, 5.41) is 2.87. The molecule has 26 heavy (non-hydrogen) atoms. The van der Waals surface area contributed by atoms with Gasteiger partial charge in [0.05, 0.1) is 25.9 Å². The first-order chi connectivity index (χ1) is 12.5. The summed E-state index contributed by atoms with van der Waals surface area (Å²) in [7, 11) is 3.23. The van der Waals surface area contributed by atoms with Crippen molar-refractivity contribution in [1.29, 1.82) is 0 Å². The quantitative estimate of drug-likeness (QED) is 0.741. The SMILES string of the molecule is CCCOc1ccccc1NC(=O)CN(C)Cc1ccc(OC)c(F)c1. The highest BCUT2D eigenvalue weighted by atomic mass is 19.1. The highest BCUT2D eigenvalue weighted by Crippen LogP contribution is 2.24. The highest BCUT2D eigenvalue weighted by molar-refractivity contribution is 5.93. The Bertz CT molecular complexity index is 737. The first-order valence-electron chi connectivity index (χ1n) is 8.56. The Balaban J connectivity index is 1.92. The number of rotatable bonds is 9. The van der Waals surface area contributed by atoms with Crippen LogP contribution >= 0.6 is 0 Å². The lowest BCUT2D eigenvalue weighted by atomic mass is 10.2. The van der Waals surface area contributed by atoms with Gasteiger partial charge >= 0.3 is 0 Å². The van der Waals surface area contributed by atoms with Crippen LogP contribution in [0.25, 0.3) is 0 Å². The van der Waals surface area contributed by atoms with E-state index in [0.29, 0.717) is 24.6 Å². The molecule has 0 atom stereocenters. The Morgan fingerprint density at radius 1 is 1.19 bits per heavy atom. The van der Waals surface area contributed by atoms with Crippen LogP contribution in [0.2, 0.25) is 0 Å². The molecule has 2 aromatic rings. The van der Waals surface area contributed by atoms with Gasteiger partial charge in [-0.25, -0.2) is 4.39 Å². The van der Waals surface area contributed by atoms with Crippen LogP contribution in [0.5, 0.6) is 11.5 Å². The Morgan fingerprint density at radius 2 is 1.96 bits per heavy atom. The van der Waals surface area contributed by atoms with E-state index in [1.807, 2.05) is 36.1 Å². The largest absolute Gasteiger partial charge is 0.494 e. The van der Waals surface area contributed by atoms with E-state index in [1.54, 1.807) is 19.2 Å². The Labute approximate surface area is 153 Å². The molecule has 0 unspecified atom stereocenters. The van der Waals surface area contributed by atoms with Crippen molar-refractivity contribution in [3.05, 3.63) is 53.8 Å². The van der Waals surface area contributed by atoms with Gasteiger partial charge in [0.25, 0.3) is 0 Å². The molecule has 0 bridgehead atoms. The van der Waals surface area contributed by atoms with Crippen LogP contribution < -0.4 is 14.8 Å². The predicted molar refractivity (Wildman–Crippen MR) is 100 cm³/mol. The fourth-order valence-corrected chi connectivity index (χ4v) is 2.52. The summed E-state index contributed by atoms with van der Waals surface area (Å²) < 4.78 is 24.3. The maximum Gasteiger partial charge on any atom is 0.238 e. The second-order valence-electron chi connectivity index (χ2n) is 6.03. The second kappa shape index (κ2) is 9.77. The summed E-state index contributed by atoms with van der Waals surface area (Å²) in [6.07, 6.45) is 0.892.